The number of carboxylic acid groups (broad SMARTS) is 1. The fraction of sp³-hybridized carbons (Fsp3) is 0.267. The lowest BCUT2D eigenvalue weighted by Gasteiger charge is -2.19. The molecule has 1 heterocycles. The number of aromatic carboxylic acids is 1. The summed E-state index contributed by atoms with van der Waals surface area (Å²) in [6.07, 6.45) is 1.36. The number of aromatic nitrogens is 1. The summed E-state index contributed by atoms with van der Waals surface area (Å²) in [6, 6.07) is 5.04. The van der Waals surface area contributed by atoms with E-state index in [2.05, 4.69) is 30.6 Å². The SMILES string of the molecule is [C-]#[N+]c1cc(SC(C)(C)C)c2ncc(C(=O)O)cc2c1. The fourth-order valence-corrected chi connectivity index (χ4v) is 2.90. The van der Waals surface area contributed by atoms with Crippen LogP contribution in [0.2, 0.25) is 0 Å². The maximum Gasteiger partial charge on any atom is 0.337 e. The molecule has 0 fully saturated rings. The van der Waals surface area contributed by atoms with Crippen molar-refractivity contribution in [1.82, 2.24) is 4.98 Å². The van der Waals surface area contributed by atoms with E-state index in [4.69, 9.17) is 11.7 Å². The topological polar surface area (TPSA) is 54.5 Å². The van der Waals surface area contributed by atoms with E-state index in [-0.39, 0.29) is 10.3 Å². The third-order valence-corrected chi connectivity index (χ3v) is 3.67. The number of thioether (sulfide) groups is 1. The number of hydrogen-bond acceptors (Lipinski definition) is 3. The molecule has 20 heavy (non-hydrogen) atoms. The number of hydrogen-bond donors (Lipinski definition) is 1. The van der Waals surface area contributed by atoms with Gasteiger partial charge in [0.25, 0.3) is 0 Å². The summed E-state index contributed by atoms with van der Waals surface area (Å²) in [5, 5.41) is 9.71. The van der Waals surface area contributed by atoms with Crippen LogP contribution in [0.1, 0.15) is 31.1 Å². The molecule has 1 aromatic heterocycles. The minimum absolute atomic E-state index is 0.0132. The molecule has 1 aromatic carbocycles. The Labute approximate surface area is 121 Å². The number of nitrogens with zero attached hydrogens (tertiary/aromatic N) is 2. The number of pyridine rings is 1. The van der Waals surface area contributed by atoms with E-state index in [1.54, 1.807) is 30.0 Å². The van der Waals surface area contributed by atoms with Gasteiger partial charge in [0.05, 0.1) is 17.7 Å². The zero-order chi connectivity index (χ0) is 14.9. The van der Waals surface area contributed by atoms with Gasteiger partial charge >= 0.3 is 5.97 Å². The molecule has 0 bridgehead atoms. The van der Waals surface area contributed by atoms with Crippen LogP contribution in [0, 0.1) is 6.57 Å². The highest BCUT2D eigenvalue weighted by Gasteiger charge is 2.16. The van der Waals surface area contributed by atoms with Crippen molar-refractivity contribution < 1.29 is 9.90 Å². The summed E-state index contributed by atoms with van der Waals surface area (Å²) in [5.74, 6) is -1.02. The quantitative estimate of drug-likeness (QED) is 0.657. The Kier molecular flexibility index (Phi) is 3.69. The highest BCUT2D eigenvalue weighted by atomic mass is 32.2. The normalized spacial score (nSPS) is 11.3. The molecule has 0 radical (unpaired) electrons. The van der Waals surface area contributed by atoms with Crippen molar-refractivity contribution in [3.8, 4) is 0 Å². The van der Waals surface area contributed by atoms with E-state index in [9.17, 15) is 4.79 Å². The molecule has 0 atom stereocenters. The van der Waals surface area contributed by atoms with Gasteiger partial charge in [-0.2, -0.15) is 0 Å². The molecule has 0 saturated heterocycles. The molecule has 0 amide bonds. The number of carbonyl (C=O) groups is 1. The monoisotopic (exact) mass is 286 g/mol. The fourth-order valence-electron chi connectivity index (χ4n) is 1.79. The second-order valence-electron chi connectivity index (χ2n) is 5.37. The van der Waals surface area contributed by atoms with Crippen molar-refractivity contribution >= 4 is 34.3 Å². The number of fused-ring (bicyclic) bond motifs is 1. The maximum absolute atomic E-state index is 11.0. The lowest BCUT2D eigenvalue weighted by atomic mass is 10.1. The first-order chi connectivity index (χ1) is 9.30. The molecular formula is C15H14N2O2S. The van der Waals surface area contributed by atoms with Crippen molar-refractivity contribution in [2.75, 3.05) is 0 Å². The van der Waals surface area contributed by atoms with Gasteiger partial charge in [-0.25, -0.2) is 9.64 Å². The van der Waals surface area contributed by atoms with Crippen molar-refractivity contribution in [1.29, 1.82) is 0 Å². The number of benzene rings is 1. The van der Waals surface area contributed by atoms with Gasteiger partial charge in [0.15, 0.2) is 5.69 Å². The summed E-state index contributed by atoms with van der Waals surface area (Å²) >= 11 is 1.62. The first-order valence-electron chi connectivity index (χ1n) is 6.04. The molecule has 2 rings (SSSR count). The molecule has 0 aliphatic heterocycles. The van der Waals surface area contributed by atoms with Crippen LogP contribution in [0.4, 0.5) is 5.69 Å². The van der Waals surface area contributed by atoms with Gasteiger partial charge in [-0.05, 0) is 23.6 Å². The van der Waals surface area contributed by atoms with E-state index in [0.717, 1.165) is 10.4 Å². The summed E-state index contributed by atoms with van der Waals surface area (Å²) in [6.45, 7) is 13.4. The summed E-state index contributed by atoms with van der Waals surface area (Å²) in [5.41, 5.74) is 1.36. The molecule has 2 aromatic rings. The second-order valence-corrected chi connectivity index (χ2v) is 7.24. The predicted molar refractivity (Wildman–Crippen MR) is 80.6 cm³/mol. The van der Waals surface area contributed by atoms with Crippen LogP contribution in [-0.2, 0) is 0 Å². The largest absolute Gasteiger partial charge is 0.478 e. The van der Waals surface area contributed by atoms with E-state index in [0.29, 0.717) is 11.1 Å². The molecule has 0 spiro atoms. The summed E-state index contributed by atoms with van der Waals surface area (Å²) in [7, 11) is 0. The standard InChI is InChI=1S/C15H14N2O2S/c1-15(2,3)20-12-7-11(16-4)6-9-5-10(14(18)19)8-17-13(9)12/h5-8H,1-3H3,(H,18,19). The molecule has 4 nitrogen and oxygen atoms in total. The summed E-state index contributed by atoms with van der Waals surface area (Å²) < 4.78 is -0.0132. The molecule has 0 aliphatic rings. The molecule has 102 valence electrons. The average Bonchev–Trinajstić information content (AvgIpc) is 2.35. The van der Waals surface area contributed by atoms with Crippen LogP contribution in [-0.4, -0.2) is 20.8 Å². The van der Waals surface area contributed by atoms with Crippen molar-refractivity contribution in [2.45, 2.75) is 30.4 Å². The van der Waals surface area contributed by atoms with E-state index in [1.807, 2.05) is 0 Å². The van der Waals surface area contributed by atoms with Crippen LogP contribution in [0.25, 0.3) is 15.7 Å². The Balaban J connectivity index is 2.68. The third kappa shape index (κ3) is 3.09. The number of rotatable bonds is 2. The van der Waals surface area contributed by atoms with Crippen LogP contribution in [0.15, 0.2) is 29.3 Å². The predicted octanol–water partition coefficient (Wildman–Crippen LogP) is 4.37. The highest BCUT2D eigenvalue weighted by Crippen LogP contribution is 2.38. The second kappa shape index (κ2) is 5.14. The minimum Gasteiger partial charge on any atom is -0.478 e. The van der Waals surface area contributed by atoms with Gasteiger partial charge in [0.1, 0.15) is 0 Å². The van der Waals surface area contributed by atoms with Gasteiger partial charge < -0.3 is 5.11 Å². The number of carboxylic acids is 1. The minimum atomic E-state index is -1.02. The van der Waals surface area contributed by atoms with Crippen LogP contribution >= 0.6 is 11.8 Å². The highest BCUT2D eigenvalue weighted by molar-refractivity contribution is 8.00. The first kappa shape index (κ1) is 14.4. The molecule has 0 aliphatic carbocycles. The Morgan fingerprint density at radius 1 is 1.35 bits per heavy atom. The Hall–Kier alpha value is -2.06. The van der Waals surface area contributed by atoms with E-state index < -0.39 is 5.97 Å². The average molecular weight is 286 g/mol. The van der Waals surface area contributed by atoms with E-state index >= 15 is 0 Å². The molecule has 0 saturated carbocycles. The first-order valence-corrected chi connectivity index (χ1v) is 6.85. The van der Waals surface area contributed by atoms with Gasteiger partial charge in [-0.1, -0.05) is 20.8 Å². The maximum atomic E-state index is 11.0. The van der Waals surface area contributed by atoms with Crippen molar-refractivity contribution in [3.63, 3.8) is 0 Å². The van der Waals surface area contributed by atoms with Gasteiger partial charge in [0.2, 0.25) is 0 Å². The van der Waals surface area contributed by atoms with E-state index in [1.165, 1.54) is 6.20 Å². The Morgan fingerprint density at radius 3 is 2.60 bits per heavy atom. The van der Waals surface area contributed by atoms with Crippen LogP contribution in [0.3, 0.4) is 0 Å². The van der Waals surface area contributed by atoms with Crippen LogP contribution in [0.5, 0.6) is 0 Å². The zero-order valence-electron chi connectivity index (χ0n) is 11.5. The van der Waals surface area contributed by atoms with Crippen LogP contribution < -0.4 is 0 Å². The Morgan fingerprint density at radius 2 is 2.05 bits per heavy atom. The zero-order valence-corrected chi connectivity index (χ0v) is 12.3. The molecule has 5 heteroatoms. The van der Waals surface area contributed by atoms with Gasteiger partial charge in [-0.3, -0.25) is 4.98 Å². The smallest absolute Gasteiger partial charge is 0.337 e. The molecule has 0 unspecified atom stereocenters. The lowest BCUT2D eigenvalue weighted by molar-refractivity contribution is 0.0696. The van der Waals surface area contributed by atoms with Crippen molar-refractivity contribution in [2.24, 2.45) is 0 Å². The summed E-state index contributed by atoms with van der Waals surface area (Å²) in [4.78, 5) is 19.6. The molecular weight excluding hydrogens is 272 g/mol. The van der Waals surface area contributed by atoms with Crippen molar-refractivity contribution in [3.05, 3.63) is 41.4 Å². The van der Waals surface area contributed by atoms with Gasteiger partial charge in [-0.15, -0.1) is 11.8 Å². The Bertz CT molecular complexity index is 727. The lowest BCUT2D eigenvalue weighted by Crippen LogP contribution is -2.07. The van der Waals surface area contributed by atoms with Gasteiger partial charge in [0, 0.05) is 15.8 Å². The third-order valence-electron chi connectivity index (χ3n) is 2.53. The molecule has 1 N–H and O–H groups in total.